The molecule has 1 heterocycles. The molecule has 3 heteroatoms. The van der Waals surface area contributed by atoms with Crippen LogP contribution in [0.2, 0.25) is 0 Å². The summed E-state index contributed by atoms with van der Waals surface area (Å²) < 4.78 is 17.3. The summed E-state index contributed by atoms with van der Waals surface area (Å²) in [6.45, 7) is 4.60. The van der Waals surface area contributed by atoms with Crippen molar-refractivity contribution in [2.24, 2.45) is 0 Å². The van der Waals surface area contributed by atoms with Gasteiger partial charge >= 0.3 is 0 Å². The Labute approximate surface area is 137 Å². The number of benzene rings is 2. The average Bonchev–Trinajstić information content (AvgIpc) is 2.92. The lowest BCUT2D eigenvalue weighted by molar-refractivity contribution is -0.0652. The van der Waals surface area contributed by atoms with Gasteiger partial charge < -0.3 is 14.2 Å². The summed E-state index contributed by atoms with van der Waals surface area (Å²) in [5.74, 6) is 0.838. The topological polar surface area (TPSA) is 27.7 Å². The minimum Gasteiger partial charge on any atom is -0.490 e. The molecular formula is C20H22O3. The molecule has 1 saturated heterocycles. The highest BCUT2D eigenvalue weighted by molar-refractivity contribution is 5.48. The van der Waals surface area contributed by atoms with E-state index in [1.807, 2.05) is 62.4 Å². The Morgan fingerprint density at radius 2 is 1.57 bits per heavy atom. The van der Waals surface area contributed by atoms with Crippen LogP contribution in [0, 0.1) is 0 Å². The highest BCUT2D eigenvalue weighted by Crippen LogP contribution is 2.31. The van der Waals surface area contributed by atoms with Crippen molar-refractivity contribution < 1.29 is 14.2 Å². The van der Waals surface area contributed by atoms with E-state index in [0.717, 1.165) is 11.3 Å². The summed E-state index contributed by atoms with van der Waals surface area (Å²) in [7, 11) is 0. The molecule has 120 valence electrons. The van der Waals surface area contributed by atoms with Crippen molar-refractivity contribution in [2.45, 2.75) is 32.3 Å². The molecule has 3 rings (SSSR count). The van der Waals surface area contributed by atoms with Gasteiger partial charge in [-0.05, 0) is 37.6 Å². The smallest absolute Gasteiger partial charge is 0.184 e. The molecule has 0 spiro atoms. The second kappa shape index (κ2) is 7.44. The van der Waals surface area contributed by atoms with Crippen LogP contribution in [0.25, 0.3) is 6.08 Å². The minimum atomic E-state index is -0.271. The van der Waals surface area contributed by atoms with Crippen molar-refractivity contribution in [3.8, 4) is 5.75 Å². The van der Waals surface area contributed by atoms with Gasteiger partial charge in [-0.3, -0.25) is 0 Å². The van der Waals surface area contributed by atoms with Gasteiger partial charge in [-0.2, -0.15) is 0 Å². The van der Waals surface area contributed by atoms with Crippen LogP contribution in [0.4, 0.5) is 0 Å². The third-order valence-electron chi connectivity index (χ3n) is 3.95. The number of hydrogen-bond acceptors (Lipinski definition) is 3. The zero-order chi connectivity index (χ0) is 16.1. The zero-order valence-corrected chi connectivity index (χ0v) is 13.5. The van der Waals surface area contributed by atoms with E-state index in [2.05, 4.69) is 18.2 Å². The molecule has 2 aromatic rings. The fraction of sp³-hybridized carbons (Fsp3) is 0.300. The lowest BCUT2D eigenvalue weighted by atomic mass is 10.2. The van der Waals surface area contributed by atoms with E-state index in [1.54, 1.807) is 0 Å². The maximum atomic E-state index is 5.77. The van der Waals surface area contributed by atoms with Crippen molar-refractivity contribution in [3.63, 3.8) is 0 Å². The molecule has 2 unspecified atom stereocenters. The highest BCUT2D eigenvalue weighted by Gasteiger charge is 2.30. The number of ether oxygens (including phenoxy) is 3. The van der Waals surface area contributed by atoms with Crippen LogP contribution in [-0.4, -0.2) is 18.8 Å². The zero-order valence-electron chi connectivity index (χ0n) is 13.5. The maximum Gasteiger partial charge on any atom is 0.184 e. The first kappa shape index (κ1) is 15.8. The third-order valence-corrected chi connectivity index (χ3v) is 3.95. The Morgan fingerprint density at radius 1 is 0.913 bits per heavy atom. The lowest BCUT2D eigenvalue weighted by Crippen LogP contribution is -2.13. The van der Waals surface area contributed by atoms with Gasteiger partial charge in [0.1, 0.15) is 12.4 Å². The molecule has 1 aliphatic rings. The molecule has 0 aromatic heterocycles. The van der Waals surface area contributed by atoms with Crippen LogP contribution in [0.5, 0.6) is 5.75 Å². The minimum absolute atomic E-state index is 0.124. The first-order valence-corrected chi connectivity index (χ1v) is 7.97. The summed E-state index contributed by atoms with van der Waals surface area (Å²) in [5.41, 5.74) is 2.19. The Hall–Kier alpha value is -2.10. The van der Waals surface area contributed by atoms with E-state index in [-0.39, 0.29) is 18.5 Å². The normalized spacial score (nSPS) is 24.2. The summed E-state index contributed by atoms with van der Waals surface area (Å²) in [6, 6.07) is 18.1. The van der Waals surface area contributed by atoms with Crippen molar-refractivity contribution in [3.05, 3.63) is 71.8 Å². The standard InChI is InChI=1S/C20H22O3/c1-15-16(2)23-20(22-15)18-10-12-19(13-11-18)21-14-6-9-17-7-4-3-5-8-17/h3-13,15-16,20H,14H2,1-2H3/b9-6+. The van der Waals surface area contributed by atoms with E-state index in [1.165, 1.54) is 5.56 Å². The fourth-order valence-corrected chi connectivity index (χ4v) is 2.41. The molecule has 0 radical (unpaired) electrons. The van der Waals surface area contributed by atoms with Gasteiger partial charge in [-0.1, -0.05) is 48.5 Å². The van der Waals surface area contributed by atoms with Crippen molar-refractivity contribution in [1.82, 2.24) is 0 Å². The van der Waals surface area contributed by atoms with Gasteiger partial charge in [-0.15, -0.1) is 0 Å². The SMILES string of the molecule is CC1OC(c2ccc(OC/C=C/c3ccccc3)cc2)OC1C. The Kier molecular flexibility index (Phi) is 5.11. The van der Waals surface area contributed by atoms with Crippen LogP contribution < -0.4 is 4.74 Å². The Balaban J connectivity index is 1.51. The summed E-state index contributed by atoms with van der Waals surface area (Å²) >= 11 is 0. The van der Waals surface area contributed by atoms with Gasteiger partial charge in [-0.25, -0.2) is 0 Å². The number of rotatable bonds is 5. The first-order valence-electron chi connectivity index (χ1n) is 7.97. The van der Waals surface area contributed by atoms with Crippen molar-refractivity contribution in [1.29, 1.82) is 0 Å². The number of hydrogen-bond donors (Lipinski definition) is 0. The molecule has 0 saturated carbocycles. The van der Waals surface area contributed by atoms with Gasteiger partial charge in [0.25, 0.3) is 0 Å². The van der Waals surface area contributed by atoms with Crippen LogP contribution in [0.1, 0.15) is 31.3 Å². The van der Waals surface area contributed by atoms with Crippen molar-refractivity contribution >= 4 is 6.08 Å². The molecule has 1 aliphatic heterocycles. The van der Waals surface area contributed by atoms with E-state index in [4.69, 9.17) is 14.2 Å². The van der Waals surface area contributed by atoms with E-state index < -0.39 is 0 Å². The fourth-order valence-electron chi connectivity index (χ4n) is 2.41. The molecule has 2 aromatic carbocycles. The third kappa shape index (κ3) is 4.21. The molecule has 3 nitrogen and oxygen atoms in total. The highest BCUT2D eigenvalue weighted by atomic mass is 16.7. The molecule has 0 N–H and O–H groups in total. The molecule has 2 atom stereocenters. The van der Waals surface area contributed by atoms with Gasteiger partial charge in [0.05, 0.1) is 12.2 Å². The molecular weight excluding hydrogens is 288 g/mol. The van der Waals surface area contributed by atoms with E-state index in [0.29, 0.717) is 6.61 Å². The average molecular weight is 310 g/mol. The summed E-state index contributed by atoms with van der Waals surface area (Å²) in [4.78, 5) is 0. The second-order valence-corrected chi connectivity index (χ2v) is 5.71. The quantitative estimate of drug-likeness (QED) is 0.807. The van der Waals surface area contributed by atoms with Crippen LogP contribution >= 0.6 is 0 Å². The van der Waals surface area contributed by atoms with Crippen LogP contribution in [-0.2, 0) is 9.47 Å². The van der Waals surface area contributed by atoms with E-state index in [9.17, 15) is 0 Å². The molecule has 1 fully saturated rings. The molecule has 0 amide bonds. The predicted molar refractivity (Wildman–Crippen MR) is 91.2 cm³/mol. The maximum absolute atomic E-state index is 5.77. The Bertz CT molecular complexity index is 624. The van der Waals surface area contributed by atoms with Crippen molar-refractivity contribution in [2.75, 3.05) is 6.61 Å². The summed E-state index contributed by atoms with van der Waals surface area (Å²) in [6.07, 6.45) is 4.04. The molecule has 23 heavy (non-hydrogen) atoms. The predicted octanol–water partition coefficient (Wildman–Crippen LogP) is 4.60. The van der Waals surface area contributed by atoms with E-state index >= 15 is 0 Å². The first-order chi connectivity index (χ1) is 11.2. The largest absolute Gasteiger partial charge is 0.490 e. The monoisotopic (exact) mass is 310 g/mol. The molecule has 0 aliphatic carbocycles. The van der Waals surface area contributed by atoms with Crippen LogP contribution in [0.3, 0.4) is 0 Å². The second-order valence-electron chi connectivity index (χ2n) is 5.71. The van der Waals surface area contributed by atoms with Gasteiger partial charge in [0, 0.05) is 5.56 Å². The molecule has 0 bridgehead atoms. The van der Waals surface area contributed by atoms with Gasteiger partial charge in [0.2, 0.25) is 0 Å². The summed E-state index contributed by atoms with van der Waals surface area (Å²) in [5, 5.41) is 0. The van der Waals surface area contributed by atoms with Gasteiger partial charge in [0.15, 0.2) is 6.29 Å². The lowest BCUT2D eigenvalue weighted by Gasteiger charge is -2.11. The Morgan fingerprint density at radius 3 is 2.22 bits per heavy atom. The van der Waals surface area contributed by atoms with Crippen LogP contribution in [0.15, 0.2) is 60.7 Å².